The molecule has 0 bridgehead atoms. The molecule has 0 aromatic heterocycles. The normalized spacial score (nSPS) is 17.3. The topological polar surface area (TPSA) is 15.3 Å². The minimum atomic E-state index is 0.734. The molecule has 0 saturated carbocycles. The van der Waals surface area contributed by atoms with Gasteiger partial charge in [-0.05, 0) is 29.9 Å². The summed E-state index contributed by atoms with van der Waals surface area (Å²) in [7, 11) is 0. The maximum atomic E-state index is 3.40. The van der Waals surface area contributed by atoms with E-state index in [1.54, 1.807) is 0 Å². The first-order chi connectivity index (χ1) is 8.83. The van der Waals surface area contributed by atoms with Crippen LogP contribution in [0.5, 0.6) is 0 Å². The summed E-state index contributed by atoms with van der Waals surface area (Å²) in [4.78, 5) is 2.53. The largest absolute Gasteiger partial charge is 0.314 e. The molecule has 1 heterocycles. The zero-order valence-corrected chi connectivity index (χ0v) is 11.8. The van der Waals surface area contributed by atoms with Crippen LogP contribution >= 0.6 is 0 Å². The number of nitrogens with zero attached hydrogens (tertiary/aromatic N) is 1. The number of rotatable bonds is 5. The zero-order valence-electron chi connectivity index (χ0n) is 11.8. The Morgan fingerprint density at radius 2 is 1.67 bits per heavy atom. The van der Waals surface area contributed by atoms with E-state index >= 15 is 0 Å². The Morgan fingerprint density at radius 1 is 1.06 bits per heavy atom. The smallest absolute Gasteiger partial charge is 0.0234 e. The molecular formula is C16H26N2. The minimum absolute atomic E-state index is 0.734. The van der Waals surface area contributed by atoms with Crippen molar-refractivity contribution in [2.45, 2.75) is 39.2 Å². The van der Waals surface area contributed by atoms with E-state index in [4.69, 9.17) is 0 Å². The summed E-state index contributed by atoms with van der Waals surface area (Å²) >= 11 is 0. The average Bonchev–Trinajstić information content (AvgIpc) is 2.43. The van der Waals surface area contributed by atoms with E-state index in [0.29, 0.717) is 0 Å². The molecule has 2 rings (SSSR count). The molecule has 1 fully saturated rings. The molecule has 1 N–H and O–H groups in total. The lowest BCUT2D eigenvalue weighted by Crippen LogP contribution is -2.42. The Balaban J connectivity index is 1.94. The number of hydrogen-bond donors (Lipinski definition) is 1. The van der Waals surface area contributed by atoms with Crippen LogP contribution in [-0.2, 0) is 6.54 Å². The Labute approximate surface area is 111 Å². The van der Waals surface area contributed by atoms with Crippen LogP contribution in [0.25, 0.3) is 0 Å². The van der Waals surface area contributed by atoms with Crippen LogP contribution < -0.4 is 5.32 Å². The third-order valence-corrected chi connectivity index (χ3v) is 4.05. The molecule has 0 unspecified atom stereocenters. The van der Waals surface area contributed by atoms with Gasteiger partial charge in [-0.15, -0.1) is 0 Å². The van der Waals surface area contributed by atoms with Crippen molar-refractivity contribution < 1.29 is 0 Å². The predicted molar refractivity (Wildman–Crippen MR) is 77.9 cm³/mol. The van der Waals surface area contributed by atoms with Gasteiger partial charge >= 0.3 is 0 Å². The Hall–Kier alpha value is -0.860. The Kier molecular flexibility index (Phi) is 5.21. The molecule has 0 spiro atoms. The van der Waals surface area contributed by atoms with E-state index in [2.05, 4.69) is 48.3 Å². The molecule has 100 valence electrons. The SMILES string of the molecule is CCC(CC)c1ccc(CN2CCNCC2)cc1. The lowest BCUT2D eigenvalue weighted by atomic mass is 9.93. The number of benzene rings is 1. The number of hydrogen-bond acceptors (Lipinski definition) is 2. The van der Waals surface area contributed by atoms with Gasteiger partial charge in [-0.1, -0.05) is 38.1 Å². The lowest BCUT2D eigenvalue weighted by Gasteiger charge is -2.27. The van der Waals surface area contributed by atoms with Crippen LogP contribution in [0.2, 0.25) is 0 Å². The van der Waals surface area contributed by atoms with Gasteiger partial charge in [0.05, 0.1) is 0 Å². The number of piperazine rings is 1. The van der Waals surface area contributed by atoms with Gasteiger partial charge in [0.25, 0.3) is 0 Å². The highest BCUT2D eigenvalue weighted by atomic mass is 15.2. The molecule has 1 aromatic rings. The van der Waals surface area contributed by atoms with Crippen LogP contribution in [0, 0.1) is 0 Å². The van der Waals surface area contributed by atoms with Gasteiger partial charge in [0.1, 0.15) is 0 Å². The molecule has 1 aliphatic rings. The van der Waals surface area contributed by atoms with Crippen LogP contribution in [0.4, 0.5) is 0 Å². The van der Waals surface area contributed by atoms with Gasteiger partial charge in [0.15, 0.2) is 0 Å². The first kappa shape index (κ1) is 13.6. The molecule has 0 aliphatic carbocycles. The highest BCUT2D eigenvalue weighted by Gasteiger charge is 2.10. The number of nitrogens with one attached hydrogen (secondary N) is 1. The summed E-state index contributed by atoms with van der Waals surface area (Å²) < 4.78 is 0. The van der Waals surface area contributed by atoms with Gasteiger partial charge in [-0.2, -0.15) is 0 Å². The van der Waals surface area contributed by atoms with E-state index in [1.165, 1.54) is 37.1 Å². The Morgan fingerprint density at radius 3 is 2.22 bits per heavy atom. The molecular weight excluding hydrogens is 220 g/mol. The lowest BCUT2D eigenvalue weighted by molar-refractivity contribution is 0.233. The first-order valence-corrected chi connectivity index (χ1v) is 7.35. The molecule has 0 amide bonds. The van der Waals surface area contributed by atoms with E-state index in [0.717, 1.165) is 25.6 Å². The third-order valence-electron chi connectivity index (χ3n) is 4.05. The highest BCUT2D eigenvalue weighted by molar-refractivity contribution is 5.25. The summed E-state index contributed by atoms with van der Waals surface area (Å²) in [6.07, 6.45) is 2.49. The quantitative estimate of drug-likeness (QED) is 0.859. The second kappa shape index (κ2) is 6.91. The van der Waals surface area contributed by atoms with Crippen molar-refractivity contribution in [2.24, 2.45) is 0 Å². The van der Waals surface area contributed by atoms with E-state index in [1.807, 2.05) is 0 Å². The maximum absolute atomic E-state index is 3.40. The van der Waals surface area contributed by atoms with Gasteiger partial charge in [-0.25, -0.2) is 0 Å². The molecule has 1 aliphatic heterocycles. The van der Waals surface area contributed by atoms with Crippen molar-refractivity contribution in [1.82, 2.24) is 10.2 Å². The molecule has 0 radical (unpaired) electrons. The van der Waals surface area contributed by atoms with Crippen molar-refractivity contribution in [1.29, 1.82) is 0 Å². The average molecular weight is 246 g/mol. The molecule has 1 aromatic carbocycles. The Bertz CT molecular complexity index is 335. The summed E-state index contributed by atoms with van der Waals surface area (Å²) in [6.45, 7) is 10.3. The molecule has 2 heteroatoms. The van der Waals surface area contributed by atoms with Crippen LogP contribution in [-0.4, -0.2) is 31.1 Å². The van der Waals surface area contributed by atoms with Crippen molar-refractivity contribution >= 4 is 0 Å². The second-order valence-electron chi connectivity index (χ2n) is 5.28. The van der Waals surface area contributed by atoms with Crippen LogP contribution in [0.3, 0.4) is 0 Å². The zero-order chi connectivity index (χ0) is 12.8. The fourth-order valence-electron chi connectivity index (χ4n) is 2.78. The van der Waals surface area contributed by atoms with Gasteiger partial charge in [-0.3, -0.25) is 4.90 Å². The van der Waals surface area contributed by atoms with Gasteiger partial charge in [0, 0.05) is 32.7 Å². The third kappa shape index (κ3) is 3.56. The van der Waals surface area contributed by atoms with E-state index < -0.39 is 0 Å². The fraction of sp³-hybridized carbons (Fsp3) is 0.625. The van der Waals surface area contributed by atoms with E-state index in [9.17, 15) is 0 Å². The molecule has 1 saturated heterocycles. The summed E-state index contributed by atoms with van der Waals surface area (Å²) in [5.74, 6) is 0.734. The van der Waals surface area contributed by atoms with Gasteiger partial charge in [0.2, 0.25) is 0 Å². The summed E-state index contributed by atoms with van der Waals surface area (Å²) in [6, 6.07) is 9.29. The molecule has 0 atom stereocenters. The van der Waals surface area contributed by atoms with Crippen molar-refractivity contribution in [3.8, 4) is 0 Å². The first-order valence-electron chi connectivity index (χ1n) is 7.35. The van der Waals surface area contributed by atoms with Crippen molar-refractivity contribution in [3.63, 3.8) is 0 Å². The highest BCUT2D eigenvalue weighted by Crippen LogP contribution is 2.23. The summed E-state index contributed by atoms with van der Waals surface area (Å²) in [5, 5.41) is 3.40. The van der Waals surface area contributed by atoms with E-state index in [-0.39, 0.29) is 0 Å². The van der Waals surface area contributed by atoms with Crippen molar-refractivity contribution in [3.05, 3.63) is 35.4 Å². The van der Waals surface area contributed by atoms with Crippen molar-refractivity contribution in [2.75, 3.05) is 26.2 Å². The second-order valence-corrected chi connectivity index (χ2v) is 5.28. The molecule has 18 heavy (non-hydrogen) atoms. The van der Waals surface area contributed by atoms with Crippen LogP contribution in [0.1, 0.15) is 43.7 Å². The minimum Gasteiger partial charge on any atom is -0.314 e. The standard InChI is InChI=1S/C16H26N2/c1-3-15(4-2)16-7-5-14(6-8-16)13-18-11-9-17-10-12-18/h5-8,15,17H,3-4,9-13H2,1-2H3. The maximum Gasteiger partial charge on any atom is 0.0234 e. The fourth-order valence-corrected chi connectivity index (χ4v) is 2.78. The monoisotopic (exact) mass is 246 g/mol. The summed E-state index contributed by atoms with van der Waals surface area (Å²) in [5.41, 5.74) is 2.95. The molecule has 2 nitrogen and oxygen atoms in total. The van der Waals surface area contributed by atoms with Crippen LogP contribution in [0.15, 0.2) is 24.3 Å². The van der Waals surface area contributed by atoms with Gasteiger partial charge < -0.3 is 5.32 Å². The predicted octanol–water partition coefficient (Wildman–Crippen LogP) is 3.00.